The Hall–Kier alpha value is -0.590. The largest absolute Gasteiger partial charge is 0.491 e. The van der Waals surface area contributed by atoms with Crippen molar-refractivity contribution in [1.29, 1.82) is 0 Å². The van der Waals surface area contributed by atoms with Crippen molar-refractivity contribution >= 4 is 8.58 Å². The van der Waals surface area contributed by atoms with Gasteiger partial charge in [-0.25, -0.2) is 0 Å². The molecular formula is C18H37O2P. The topological polar surface area (TPSA) is 29.5 Å². The van der Waals surface area contributed by atoms with E-state index in [4.69, 9.17) is 4.74 Å². The molecule has 2 atom stereocenters. The maximum absolute atomic E-state index is 9.52. The van der Waals surface area contributed by atoms with Gasteiger partial charge in [-0.2, -0.15) is 0 Å². The van der Waals surface area contributed by atoms with Crippen molar-refractivity contribution in [1.82, 2.24) is 0 Å². The van der Waals surface area contributed by atoms with E-state index in [0.29, 0.717) is 6.61 Å². The fourth-order valence-corrected chi connectivity index (χ4v) is 1.73. The lowest BCUT2D eigenvalue weighted by atomic mass is 10.3. The standard InChI is InChI=1S/C11H17O2P.C3H8.2C2H6/c1-14-8-7-10(12)9-13-11-5-3-2-4-6-11;1-3-2;2*1-2/h2-6,10,12,14H,7-9H2,1H3;3H2,1-2H3;2*1-2H3. The van der Waals surface area contributed by atoms with Crippen LogP contribution in [0.3, 0.4) is 0 Å². The number of benzene rings is 1. The number of aliphatic hydroxyl groups is 1. The molecule has 0 radical (unpaired) electrons. The summed E-state index contributed by atoms with van der Waals surface area (Å²) < 4.78 is 5.42. The monoisotopic (exact) mass is 316 g/mol. The lowest BCUT2D eigenvalue weighted by Crippen LogP contribution is -2.17. The van der Waals surface area contributed by atoms with Crippen LogP contribution in [0.2, 0.25) is 0 Å². The molecule has 126 valence electrons. The Balaban J connectivity index is -0.000000399. The van der Waals surface area contributed by atoms with Crippen LogP contribution in [-0.4, -0.2) is 30.6 Å². The van der Waals surface area contributed by atoms with Gasteiger partial charge in [-0.3, -0.25) is 0 Å². The Morgan fingerprint density at radius 1 is 1.05 bits per heavy atom. The predicted molar refractivity (Wildman–Crippen MR) is 100 cm³/mol. The van der Waals surface area contributed by atoms with E-state index in [2.05, 4.69) is 20.5 Å². The average molecular weight is 316 g/mol. The normalized spacial score (nSPS) is 10.3. The van der Waals surface area contributed by atoms with Crippen molar-refractivity contribution in [2.45, 2.75) is 60.5 Å². The molecule has 2 unspecified atom stereocenters. The Kier molecular flexibility index (Phi) is 29.5. The highest BCUT2D eigenvalue weighted by atomic mass is 31.1. The molecule has 0 saturated carbocycles. The second-order valence-electron chi connectivity index (χ2n) is 3.88. The van der Waals surface area contributed by atoms with Crippen LogP contribution in [-0.2, 0) is 0 Å². The van der Waals surface area contributed by atoms with Gasteiger partial charge in [0.1, 0.15) is 12.4 Å². The fourth-order valence-electron chi connectivity index (χ4n) is 1.10. The molecule has 0 aliphatic heterocycles. The molecule has 21 heavy (non-hydrogen) atoms. The van der Waals surface area contributed by atoms with E-state index in [9.17, 15) is 5.11 Å². The molecule has 0 bridgehead atoms. The van der Waals surface area contributed by atoms with Crippen LogP contribution in [0.4, 0.5) is 0 Å². The second-order valence-corrected chi connectivity index (χ2v) is 5.08. The lowest BCUT2D eigenvalue weighted by Gasteiger charge is -2.11. The summed E-state index contributed by atoms with van der Waals surface area (Å²) in [6, 6.07) is 9.59. The third kappa shape index (κ3) is 21.8. The van der Waals surface area contributed by atoms with E-state index in [-0.39, 0.29) is 6.10 Å². The van der Waals surface area contributed by atoms with E-state index < -0.39 is 0 Å². The molecule has 0 aliphatic rings. The molecular weight excluding hydrogens is 279 g/mol. The molecule has 1 rings (SSSR count). The zero-order valence-electron chi connectivity index (χ0n) is 15.1. The van der Waals surface area contributed by atoms with Crippen LogP contribution in [0.1, 0.15) is 54.4 Å². The summed E-state index contributed by atoms with van der Waals surface area (Å²) in [5, 5.41) is 9.52. The molecule has 0 heterocycles. The van der Waals surface area contributed by atoms with Gasteiger partial charge in [-0.15, -0.1) is 8.58 Å². The molecule has 0 spiro atoms. The highest BCUT2D eigenvalue weighted by Crippen LogP contribution is 2.11. The lowest BCUT2D eigenvalue weighted by molar-refractivity contribution is 0.105. The van der Waals surface area contributed by atoms with Crippen molar-refractivity contribution in [3.8, 4) is 5.75 Å². The fraction of sp³-hybridized carbons (Fsp3) is 0.667. The van der Waals surface area contributed by atoms with E-state index in [0.717, 1.165) is 26.9 Å². The highest BCUT2D eigenvalue weighted by Gasteiger charge is 2.03. The molecule has 0 amide bonds. The minimum atomic E-state index is -0.331. The third-order valence-corrected chi connectivity index (χ3v) is 2.70. The number of ether oxygens (including phenoxy) is 1. The van der Waals surface area contributed by atoms with Gasteiger partial charge in [0.25, 0.3) is 0 Å². The average Bonchev–Trinajstić information content (AvgIpc) is 2.56. The van der Waals surface area contributed by atoms with Gasteiger partial charge in [0, 0.05) is 0 Å². The summed E-state index contributed by atoms with van der Waals surface area (Å²) >= 11 is 0. The minimum absolute atomic E-state index is 0.331. The summed E-state index contributed by atoms with van der Waals surface area (Å²) in [5.41, 5.74) is 0. The highest BCUT2D eigenvalue weighted by molar-refractivity contribution is 7.36. The molecule has 1 aromatic carbocycles. The Labute approximate surface area is 135 Å². The Bertz CT molecular complexity index is 253. The van der Waals surface area contributed by atoms with Gasteiger partial charge in [-0.1, -0.05) is 66.2 Å². The minimum Gasteiger partial charge on any atom is -0.491 e. The Morgan fingerprint density at radius 3 is 1.95 bits per heavy atom. The van der Waals surface area contributed by atoms with E-state index >= 15 is 0 Å². The summed E-state index contributed by atoms with van der Waals surface area (Å²) in [7, 11) is 0.906. The molecule has 1 N–H and O–H groups in total. The zero-order chi connectivity index (χ0) is 16.9. The van der Waals surface area contributed by atoms with Gasteiger partial charge in [0.2, 0.25) is 0 Å². The van der Waals surface area contributed by atoms with Crippen molar-refractivity contribution in [2.24, 2.45) is 0 Å². The molecule has 0 aromatic heterocycles. The van der Waals surface area contributed by atoms with Gasteiger partial charge in [-0.05, 0) is 31.4 Å². The smallest absolute Gasteiger partial charge is 0.119 e. The second kappa shape index (κ2) is 24.4. The summed E-state index contributed by atoms with van der Waals surface area (Å²) in [4.78, 5) is 0. The number of hydrogen-bond acceptors (Lipinski definition) is 2. The molecule has 0 fully saturated rings. The van der Waals surface area contributed by atoms with Gasteiger partial charge in [0.05, 0.1) is 6.10 Å². The van der Waals surface area contributed by atoms with Crippen LogP contribution in [0.15, 0.2) is 30.3 Å². The maximum Gasteiger partial charge on any atom is 0.119 e. The van der Waals surface area contributed by atoms with Crippen molar-refractivity contribution in [3.63, 3.8) is 0 Å². The molecule has 0 aliphatic carbocycles. The molecule has 0 saturated heterocycles. The van der Waals surface area contributed by atoms with Crippen molar-refractivity contribution < 1.29 is 9.84 Å². The predicted octanol–water partition coefficient (Wildman–Crippen LogP) is 5.59. The van der Waals surface area contributed by atoms with Crippen LogP contribution in [0, 0.1) is 0 Å². The Morgan fingerprint density at radius 2 is 1.52 bits per heavy atom. The zero-order valence-corrected chi connectivity index (χ0v) is 16.1. The quantitative estimate of drug-likeness (QED) is 0.693. The van der Waals surface area contributed by atoms with Crippen LogP contribution >= 0.6 is 8.58 Å². The first-order valence-corrected chi connectivity index (χ1v) is 9.95. The molecule has 3 heteroatoms. The first-order valence-electron chi connectivity index (χ1n) is 8.25. The van der Waals surface area contributed by atoms with Crippen molar-refractivity contribution in [2.75, 3.05) is 19.4 Å². The first kappa shape index (κ1) is 25.4. The van der Waals surface area contributed by atoms with E-state index in [1.165, 1.54) is 6.42 Å². The number of aliphatic hydroxyl groups excluding tert-OH is 1. The molecule has 1 aromatic rings. The summed E-state index contributed by atoms with van der Waals surface area (Å²) in [6.07, 6.45) is 2.84. The van der Waals surface area contributed by atoms with Gasteiger partial charge >= 0.3 is 0 Å². The number of para-hydroxylation sites is 1. The van der Waals surface area contributed by atoms with Crippen LogP contribution in [0.25, 0.3) is 0 Å². The van der Waals surface area contributed by atoms with E-state index in [1.54, 1.807) is 0 Å². The first-order chi connectivity index (χ1) is 10.2. The van der Waals surface area contributed by atoms with E-state index in [1.807, 2.05) is 58.0 Å². The SMILES string of the molecule is CC.CC.CCC.CPCCC(O)COc1ccccc1. The van der Waals surface area contributed by atoms with Crippen LogP contribution < -0.4 is 4.74 Å². The van der Waals surface area contributed by atoms with Crippen molar-refractivity contribution in [3.05, 3.63) is 30.3 Å². The van der Waals surface area contributed by atoms with Gasteiger partial charge < -0.3 is 9.84 Å². The summed E-state index contributed by atoms with van der Waals surface area (Å²) in [5.74, 6) is 0.825. The number of rotatable bonds is 6. The molecule has 2 nitrogen and oxygen atoms in total. The third-order valence-electron chi connectivity index (χ3n) is 1.91. The number of hydrogen-bond donors (Lipinski definition) is 1. The summed E-state index contributed by atoms with van der Waals surface area (Å²) in [6.45, 7) is 14.8. The van der Waals surface area contributed by atoms with Crippen LogP contribution in [0.5, 0.6) is 5.75 Å². The maximum atomic E-state index is 9.52. The van der Waals surface area contributed by atoms with Gasteiger partial charge in [0.15, 0.2) is 0 Å².